The Labute approximate surface area is 52.5 Å². The lowest BCUT2D eigenvalue weighted by Crippen LogP contribution is -2.49. The highest BCUT2D eigenvalue weighted by Crippen LogP contribution is 2.25. The summed E-state index contributed by atoms with van der Waals surface area (Å²) >= 11 is 0. The molecule has 0 radical (unpaired) electrons. The molecule has 1 unspecified atom stereocenters. The summed E-state index contributed by atoms with van der Waals surface area (Å²) in [6, 6.07) is 0.0949. The van der Waals surface area contributed by atoms with Gasteiger partial charge in [0.15, 0.2) is 0 Å². The second-order valence-corrected chi connectivity index (χ2v) is 2.29. The Hall–Kier alpha value is -1.12. The van der Waals surface area contributed by atoms with Gasteiger partial charge in [-0.05, 0) is 6.08 Å². The van der Waals surface area contributed by atoms with Gasteiger partial charge in [0.1, 0.15) is 0 Å². The maximum Gasteiger partial charge on any atom is 0.229 e. The quantitative estimate of drug-likeness (QED) is 0.456. The Morgan fingerprint density at radius 1 is 1.78 bits per heavy atom. The zero-order chi connectivity index (χ0) is 6.43. The number of carbonyl (C=O) groups excluding carboxylic acids is 1. The predicted octanol–water partition coefficient (Wildman–Crippen LogP) is 0.134. The minimum atomic E-state index is 0.0949. The van der Waals surface area contributed by atoms with Gasteiger partial charge in [-0.3, -0.25) is 4.79 Å². The smallest absolute Gasteiger partial charge is 0.229 e. The van der Waals surface area contributed by atoms with Crippen molar-refractivity contribution in [2.75, 3.05) is 0 Å². The molecule has 0 aliphatic carbocycles. The van der Waals surface area contributed by atoms with Gasteiger partial charge in [0.05, 0.1) is 18.2 Å². The first kappa shape index (κ1) is 4.73. The molecule has 0 spiro atoms. The van der Waals surface area contributed by atoms with Crippen molar-refractivity contribution in [3.63, 3.8) is 0 Å². The molecule has 3 nitrogen and oxygen atoms in total. The fourth-order valence-electron chi connectivity index (χ4n) is 1.15. The first-order chi connectivity index (χ1) is 4.29. The summed E-state index contributed by atoms with van der Waals surface area (Å²) in [4.78, 5) is 12.2. The van der Waals surface area contributed by atoms with E-state index in [0.717, 1.165) is 0 Å². The number of rotatable bonds is 0. The lowest BCUT2D eigenvalue weighted by Gasteiger charge is -2.32. The summed E-state index contributed by atoms with van der Waals surface area (Å²) in [5.74, 6) is 0.138. The van der Waals surface area contributed by atoms with Crippen LogP contribution >= 0.6 is 0 Å². The van der Waals surface area contributed by atoms with E-state index in [2.05, 4.69) is 0 Å². The van der Waals surface area contributed by atoms with Crippen molar-refractivity contribution in [1.29, 1.82) is 5.41 Å². The number of amides is 1. The van der Waals surface area contributed by atoms with Crippen molar-refractivity contribution in [1.82, 2.24) is 4.90 Å². The molecule has 2 rings (SSSR count). The van der Waals surface area contributed by atoms with Gasteiger partial charge in [-0.25, -0.2) is 0 Å². The summed E-state index contributed by atoms with van der Waals surface area (Å²) in [6.45, 7) is 0. The molecule has 0 aromatic rings. The van der Waals surface area contributed by atoms with Gasteiger partial charge in [0, 0.05) is 6.20 Å². The predicted molar refractivity (Wildman–Crippen MR) is 32.1 cm³/mol. The summed E-state index contributed by atoms with van der Waals surface area (Å²) in [7, 11) is 0. The first-order valence-electron chi connectivity index (χ1n) is 2.87. The van der Waals surface area contributed by atoms with Crippen LogP contribution in [-0.4, -0.2) is 22.6 Å². The largest absolute Gasteiger partial charge is 0.309 e. The van der Waals surface area contributed by atoms with E-state index in [1.165, 1.54) is 0 Å². The molecule has 0 bridgehead atoms. The zero-order valence-electron chi connectivity index (χ0n) is 4.79. The molecular formula is C6H6N2O. The van der Waals surface area contributed by atoms with Crippen molar-refractivity contribution in [3.8, 4) is 0 Å². The fourth-order valence-corrected chi connectivity index (χ4v) is 1.15. The Bertz CT molecular complexity index is 219. The lowest BCUT2D eigenvalue weighted by atomic mass is 10.0. The molecule has 2 aliphatic heterocycles. The zero-order valence-corrected chi connectivity index (χ0v) is 4.79. The normalized spacial score (nSPS) is 30.7. The van der Waals surface area contributed by atoms with Crippen molar-refractivity contribution >= 4 is 11.6 Å². The highest BCUT2D eigenvalue weighted by atomic mass is 16.2. The highest BCUT2D eigenvalue weighted by Gasteiger charge is 2.39. The standard InChI is InChI=1S/C6H6N2O/c7-4-1-2-8-5(4)3-6(8)9/h1-2,5,7H,3H2. The van der Waals surface area contributed by atoms with Crippen LogP contribution in [0.1, 0.15) is 6.42 Å². The Balaban J connectivity index is 2.29. The topological polar surface area (TPSA) is 44.2 Å². The number of carbonyl (C=O) groups is 1. The van der Waals surface area contributed by atoms with E-state index in [0.29, 0.717) is 12.1 Å². The number of hydrogen-bond acceptors (Lipinski definition) is 2. The molecule has 2 aliphatic rings. The Morgan fingerprint density at radius 2 is 2.56 bits per heavy atom. The molecule has 46 valence electrons. The monoisotopic (exact) mass is 122 g/mol. The van der Waals surface area contributed by atoms with E-state index in [4.69, 9.17) is 5.41 Å². The minimum absolute atomic E-state index is 0.0949. The van der Waals surface area contributed by atoms with Crippen molar-refractivity contribution in [2.24, 2.45) is 0 Å². The molecule has 1 amide bonds. The molecule has 1 saturated heterocycles. The van der Waals surface area contributed by atoms with Crippen LogP contribution in [0.25, 0.3) is 0 Å². The van der Waals surface area contributed by atoms with Crippen molar-refractivity contribution in [3.05, 3.63) is 12.3 Å². The average Bonchev–Trinajstić information content (AvgIpc) is 2.07. The fraction of sp³-hybridized carbons (Fsp3) is 0.333. The SMILES string of the molecule is N=C1C=CN2C(=O)CC12. The van der Waals surface area contributed by atoms with Crippen LogP contribution < -0.4 is 0 Å². The summed E-state index contributed by atoms with van der Waals surface area (Å²) in [6.07, 6.45) is 3.89. The van der Waals surface area contributed by atoms with E-state index >= 15 is 0 Å². The number of nitrogens with zero attached hydrogens (tertiary/aromatic N) is 1. The maximum atomic E-state index is 10.6. The summed E-state index contributed by atoms with van der Waals surface area (Å²) in [5, 5.41) is 7.25. The van der Waals surface area contributed by atoms with Crippen molar-refractivity contribution < 1.29 is 4.79 Å². The molecule has 9 heavy (non-hydrogen) atoms. The van der Waals surface area contributed by atoms with Crippen LogP contribution in [0.15, 0.2) is 12.3 Å². The molecule has 3 heteroatoms. The van der Waals surface area contributed by atoms with Gasteiger partial charge in [0.2, 0.25) is 5.91 Å². The van der Waals surface area contributed by atoms with Gasteiger partial charge in [-0.2, -0.15) is 0 Å². The van der Waals surface area contributed by atoms with Crippen molar-refractivity contribution in [2.45, 2.75) is 12.5 Å². The minimum Gasteiger partial charge on any atom is -0.309 e. The van der Waals surface area contributed by atoms with E-state index in [1.807, 2.05) is 0 Å². The number of hydrogen-bond donors (Lipinski definition) is 1. The Kier molecular flexibility index (Phi) is 0.649. The molecule has 0 saturated carbocycles. The van der Waals surface area contributed by atoms with E-state index in [1.54, 1.807) is 17.2 Å². The lowest BCUT2D eigenvalue weighted by molar-refractivity contribution is -0.137. The third kappa shape index (κ3) is 0.415. The van der Waals surface area contributed by atoms with Crippen LogP contribution in [0, 0.1) is 5.41 Å². The van der Waals surface area contributed by atoms with Crippen LogP contribution in [-0.2, 0) is 4.79 Å². The van der Waals surface area contributed by atoms with Gasteiger partial charge in [-0.1, -0.05) is 0 Å². The summed E-state index contributed by atoms with van der Waals surface area (Å²) < 4.78 is 0. The molecule has 0 aromatic heterocycles. The first-order valence-corrected chi connectivity index (χ1v) is 2.87. The van der Waals surface area contributed by atoms with Crippen LogP contribution in [0.5, 0.6) is 0 Å². The third-order valence-electron chi connectivity index (χ3n) is 1.77. The molecular weight excluding hydrogens is 116 g/mol. The number of β-lactam (4-membered cyclic amide) rings is 1. The second kappa shape index (κ2) is 1.23. The van der Waals surface area contributed by atoms with Crippen LogP contribution in [0.2, 0.25) is 0 Å². The van der Waals surface area contributed by atoms with Gasteiger partial charge >= 0.3 is 0 Å². The number of fused-ring (bicyclic) bond motifs is 1. The third-order valence-corrected chi connectivity index (χ3v) is 1.77. The number of nitrogens with one attached hydrogen (secondary N) is 1. The molecule has 0 aromatic carbocycles. The molecule has 1 fully saturated rings. The van der Waals surface area contributed by atoms with E-state index in [-0.39, 0.29) is 11.9 Å². The van der Waals surface area contributed by atoms with E-state index < -0.39 is 0 Å². The van der Waals surface area contributed by atoms with Crippen LogP contribution in [0.4, 0.5) is 0 Å². The highest BCUT2D eigenvalue weighted by molar-refractivity contribution is 6.08. The molecule has 1 N–H and O–H groups in total. The van der Waals surface area contributed by atoms with Crippen LogP contribution in [0.3, 0.4) is 0 Å². The van der Waals surface area contributed by atoms with Gasteiger partial charge < -0.3 is 10.3 Å². The van der Waals surface area contributed by atoms with Gasteiger partial charge in [-0.15, -0.1) is 0 Å². The molecule has 1 atom stereocenters. The maximum absolute atomic E-state index is 10.6. The van der Waals surface area contributed by atoms with Gasteiger partial charge in [0.25, 0.3) is 0 Å². The van der Waals surface area contributed by atoms with E-state index in [9.17, 15) is 4.79 Å². The summed E-state index contributed by atoms with van der Waals surface area (Å²) in [5.41, 5.74) is 0.564. The second-order valence-electron chi connectivity index (χ2n) is 2.29. The Morgan fingerprint density at radius 3 is 3.00 bits per heavy atom. The average molecular weight is 122 g/mol. The molecule has 2 heterocycles.